The fraction of sp³-hybridized carbons (Fsp3) is 0.312. The van der Waals surface area contributed by atoms with E-state index in [9.17, 15) is 4.79 Å². The van der Waals surface area contributed by atoms with Crippen LogP contribution in [0.15, 0.2) is 36.4 Å². The van der Waals surface area contributed by atoms with E-state index in [2.05, 4.69) is 54.8 Å². The van der Waals surface area contributed by atoms with Gasteiger partial charge in [0.25, 0.3) is 0 Å². The highest BCUT2D eigenvalue weighted by molar-refractivity contribution is 5.66. The number of aromatic nitrogens is 1. The van der Waals surface area contributed by atoms with Gasteiger partial charge in [0.05, 0.1) is 0 Å². The Balaban J connectivity index is 2.08. The predicted octanol–water partition coefficient (Wildman–Crippen LogP) is 3.50. The van der Waals surface area contributed by atoms with Crippen LogP contribution in [-0.2, 0) is 11.2 Å². The number of hydrogen-bond acceptors (Lipinski definition) is 1. The van der Waals surface area contributed by atoms with Crippen molar-refractivity contribution in [1.82, 2.24) is 4.57 Å². The van der Waals surface area contributed by atoms with Gasteiger partial charge in [0.1, 0.15) is 0 Å². The summed E-state index contributed by atoms with van der Waals surface area (Å²) in [5, 5.41) is 8.62. The fourth-order valence-electron chi connectivity index (χ4n) is 2.33. The molecule has 3 heteroatoms. The molecule has 2 aromatic rings. The molecule has 0 spiro atoms. The molecule has 1 aromatic carbocycles. The van der Waals surface area contributed by atoms with E-state index in [1.807, 2.05) is 0 Å². The molecule has 1 heterocycles. The van der Waals surface area contributed by atoms with Gasteiger partial charge >= 0.3 is 5.97 Å². The third kappa shape index (κ3) is 3.25. The topological polar surface area (TPSA) is 42.2 Å². The first-order chi connectivity index (χ1) is 9.08. The largest absolute Gasteiger partial charge is 0.481 e. The summed E-state index contributed by atoms with van der Waals surface area (Å²) in [6.07, 6.45) is 1.74. The van der Waals surface area contributed by atoms with Gasteiger partial charge in [-0.15, -0.1) is 0 Å². The van der Waals surface area contributed by atoms with Crippen LogP contribution in [-0.4, -0.2) is 15.6 Å². The van der Waals surface area contributed by atoms with Crippen molar-refractivity contribution < 1.29 is 9.90 Å². The third-order valence-electron chi connectivity index (χ3n) is 3.32. The Bertz CT molecular complexity index is 547. The molecule has 2 rings (SSSR count). The zero-order valence-corrected chi connectivity index (χ0v) is 11.4. The molecular weight excluding hydrogens is 238 g/mol. The molecule has 0 saturated carbocycles. The van der Waals surface area contributed by atoms with Gasteiger partial charge in [-0.2, -0.15) is 0 Å². The Morgan fingerprint density at radius 3 is 2.16 bits per heavy atom. The first-order valence-electron chi connectivity index (χ1n) is 6.54. The smallest absolute Gasteiger partial charge is 0.303 e. The summed E-state index contributed by atoms with van der Waals surface area (Å²) < 4.78 is 2.21. The number of rotatable bonds is 5. The summed E-state index contributed by atoms with van der Waals surface area (Å²) in [7, 11) is 0. The van der Waals surface area contributed by atoms with E-state index >= 15 is 0 Å². The van der Waals surface area contributed by atoms with Crippen LogP contribution < -0.4 is 0 Å². The number of aliphatic carboxylic acids is 1. The molecule has 1 aromatic heterocycles. The first kappa shape index (κ1) is 13.4. The van der Waals surface area contributed by atoms with E-state index in [1.54, 1.807) is 0 Å². The van der Waals surface area contributed by atoms with Crippen LogP contribution in [0.3, 0.4) is 0 Å². The number of carboxylic acid groups (broad SMARTS) is 1. The summed E-state index contributed by atoms with van der Waals surface area (Å²) >= 11 is 0. The molecule has 0 aliphatic heterocycles. The highest BCUT2D eigenvalue weighted by Crippen LogP contribution is 2.17. The number of carboxylic acids is 1. The second-order valence-electron chi connectivity index (χ2n) is 4.87. The van der Waals surface area contributed by atoms with Crippen molar-refractivity contribution in [3.05, 3.63) is 53.3 Å². The van der Waals surface area contributed by atoms with Crippen LogP contribution >= 0.6 is 0 Å². The van der Waals surface area contributed by atoms with Gasteiger partial charge in [0.2, 0.25) is 0 Å². The van der Waals surface area contributed by atoms with Crippen LogP contribution in [0.1, 0.15) is 29.8 Å². The normalized spacial score (nSPS) is 10.6. The third-order valence-corrected chi connectivity index (χ3v) is 3.32. The molecule has 0 aliphatic carbocycles. The average molecular weight is 257 g/mol. The monoisotopic (exact) mass is 257 g/mol. The minimum Gasteiger partial charge on any atom is -0.481 e. The van der Waals surface area contributed by atoms with Gasteiger partial charge in [0.15, 0.2) is 0 Å². The summed E-state index contributed by atoms with van der Waals surface area (Å²) in [5.41, 5.74) is 4.78. The Morgan fingerprint density at radius 2 is 1.63 bits per heavy atom. The summed E-state index contributed by atoms with van der Waals surface area (Å²) in [5.74, 6) is -0.727. The van der Waals surface area contributed by atoms with Crippen molar-refractivity contribution in [2.75, 3.05) is 0 Å². The second kappa shape index (κ2) is 5.74. The van der Waals surface area contributed by atoms with Crippen molar-refractivity contribution in [3.63, 3.8) is 0 Å². The number of hydrogen-bond donors (Lipinski definition) is 1. The minimum atomic E-state index is -0.727. The molecule has 3 nitrogen and oxygen atoms in total. The van der Waals surface area contributed by atoms with Crippen molar-refractivity contribution in [3.8, 4) is 5.69 Å². The van der Waals surface area contributed by atoms with Gasteiger partial charge in [-0.05, 0) is 56.5 Å². The van der Waals surface area contributed by atoms with Crippen molar-refractivity contribution in [2.24, 2.45) is 0 Å². The lowest BCUT2D eigenvalue weighted by molar-refractivity contribution is -0.137. The van der Waals surface area contributed by atoms with E-state index in [4.69, 9.17) is 5.11 Å². The maximum absolute atomic E-state index is 10.5. The highest BCUT2D eigenvalue weighted by atomic mass is 16.4. The molecule has 0 bridgehead atoms. The van der Waals surface area contributed by atoms with E-state index in [-0.39, 0.29) is 6.42 Å². The van der Waals surface area contributed by atoms with Crippen molar-refractivity contribution in [2.45, 2.75) is 33.1 Å². The van der Waals surface area contributed by atoms with Gasteiger partial charge < -0.3 is 9.67 Å². The zero-order valence-electron chi connectivity index (χ0n) is 11.4. The van der Waals surface area contributed by atoms with E-state index in [0.717, 1.165) is 12.1 Å². The molecule has 0 aliphatic rings. The van der Waals surface area contributed by atoms with E-state index in [1.165, 1.54) is 17.0 Å². The van der Waals surface area contributed by atoms with Crippen LogP contribution in [0, 0.1) is 13.8 Å². The van der Waals surface area contributed by atoms with Crippen molar-refractivity contribution >= 4 is 5.97 Å². The summed E-state index contributed by atoms with van der Waals surface area (Å²) in [6, 6.07) is 12.6. The maximum atomic E-state index is 10.5. The molecule has 100 valence electrons. The molecule has 0 saturated heterocycles. The Hall–Kier alpha value is -2.03. The van der Waals surface area contributed by atoms with Gasteiger partial charge in [-0.1, -0.05) is 12.1 Å². The standard InChI is InChI=1S/C16H19NO2/c1-12-6-7-13(2)17(12)15-10-8-14(9-11-15)4-3-5-16(18)19/h6-11H,3-5H2,1-2H3,(H,18,19). The molecule has 0 fully saturated rings. The molecular formula is C16H19NO2. The number of nitrogens with zero attached hydrogens (tertiary/aromatic N) is 1. The van der Waals surface area contributed by atoms with Crippen molar-refractivity contribution in [1.29, 1.82) is 0 Å². The van der Waals surface area contributed by atoms with Gasteiger partial charge in [-0.3, -0.25) is 4.79 Å². The summed E-state index contributed by atoms with van der Waals surface area (Å²) in [4.78, 5) is 10.5. The lowest BCUT2D eigenvalue weighted by atomic mass is 10.1. The zero-order chi connectivity index (χ0) is 13.8. The molecule has 0 radical (unpaired) electrons. The maximum Gasteiger partial charge on any atom is 0.303 e. The first-order valence-corrected chi connectivity index (χ1v) is 6.54. The Kier molecular flexibility index (Phi) is 4.05. The summed E-state index contributed by atoms with van der Waals surface area (Å²) in [6.45, 7) is 4.18. The minimum absolute atomic E-state index is 0.234. The quantitative estimate of drug-likeness (QED) is 0.890. The van der Waals surface area contributed by atoms with Gasteiger partial charge in [-0.25, -0.2) is 0 Å². The predicted molar refractivity (Wildman–Crippen MR) is 75.8 cm³/mol. The van der Waals surface area contributed by atoms with Crippen LogP contribution in [0.4, 0.5) is 0 Å². The average Bonchev–Trinajstić information content (AvgIpc) is 2.70. The Morgan fingerprint density at radius 1 is 1.05 bits per heavy atom. The highest BCUT2D eigenvalue weighted by Gasteiger charge is 2.04. The van der Waals surface area contributed by atoms with Gasteiger partial charge in [0, 0.05) is 23.5 Å². The van der Waals surface area contributed by atoms with E-state index < -0.39 is 5.97 Å². The Labute approximate surface area is 113 Å². The SMILES string of the molecule is Cc1ccc(C)n1-c1ccc(CCCC(=O)O)cc1. The molecule has 0 atom stereocenters. The number of benzene rings is 1. The van der Waals surface area contributed by atoms with E-state index in [0.29, 0.717) is 6.42 Å². The molecule has 19 heavy (non-hydrogen) atoms. The lowest BCUT2D eigenvalue weighted by Gasteiger charge is -2.10. The number of carbonyl (C=O) groups is 1. The number of aryl methyl sites for hydroxylation is 3. The van der Waals surface area contributed by atoms with Crippen LogP contribution in [0.2, 0.25) is 0 Å². The molecule has 1 N–H and O–H groups in total. The fourth-order valence-corrected chi connectivity index (χ4v) is 2.33. The van der Waals surface area contributed by atoms with Crippen LogP contribution in [0.5, 0.6) is 0 Å². The van der Waals surface area contributed by atoms with Crippen LogP contribution in [0.25, 0.3) is 5.69 Å². The lowest BCUT2D eigenvalue weighted by Crippen LogP contribution is -1.99. The second-order valence-corrected chi connectivity index (χ2v) is 4.87. The molecule has 0 amide bonds. The molecule has 0 unspecified atom stereocenters.